The minimum absolute atomic E-state index is 0.0113. The van der Waals surface area contributed by atoms with Crippen molar-refractivity contribution in [1.29, 1.82) is 0 Å². The highest BCUT2D eigenvalue weighted by atomic mass is 16.2. The van der Waals surface area contributed by atoms with Gasteiger partial charge in [0.2, 0.25) is 5.95 Å². The number of carbonyl (C=O) groups is 1. The monoisotopic (exact) mass is 455 g/mol. The second-order valence-corrected chi connectivity index (χ2v) is 9.51. The Morgan fingerprint density at radius 1 is 1.06 bits per heavy atom. The molecule has 0 atom stereocenters. The third kappa shape index (κ3) is 3.63. The van der Waals surface area contributed by atoms with Gasteiger partial charge in [-0.3, -0.25) is 9.78 Å². The molecule has 1 saturated heterocycles. The molecular weight excluding hydrogens is 426 g/mol. The maximum Gasteiger partial charge on any atom is 0.273 e. The molecule has 1 fully saturated rings. The van der Waals surface area contributed by atoms with Gasteiger partial charge in [0.15, 0.2) is 0 Å². The molecule has 0 bridgehead atoms. The fourth-order valence-electron chi connectivity index (χ4n) is 5.05. The number of piperazine rings is 1. The summed E-state index contributed by atoms with van der Waals surface area (Å²) in [5.74, 6) is 1.36. The molecule has 8 heteroatoms. The van der Waals surface area contributed by atoms with Crippen molar-refractivity contribution < 1.29 is 4.79 Å². The van der Waals surface area contributed by atoms with Crippen LogP contribution in [0.25, 0.3) is 10.9 Å². The highest BCUT2D eigenvalue weighted by Crippen LogP contribution is 2.32. The number of anilines is 2. The molecule has 34 heavy (non-hydrogen) atoms. The first-order chi connectivity index (χ1) is 16.6. The highest BCUT2D eigenvalue weighted by molar-refractivity contribution is 5.98. The van der Waals surface area contributed by atoms with Crippen molar-refractivity contribution in [3.8, 4) is 0 Å². The zero-order chi connectivity index (χ0) is 23.2. The van der Waals surface area contributed by atoms with E-state index in [-0.39, 0.29) is 11.9 Å². The first kappa shape index (κ1) is 20.9. The van der Waals surface area contributed by atoms with Gasteiger partial charge in [0.1, 0.15) is 11.5 Å². The van der Waals surface area contributed by atoms with Crippen LogP contribution < -0.4 is 10.2 Å². The van der Waals surface area contributed by atoms with Crippen LogP contribution in [0, 0.1) is 0 Å². The van der Waals surface area contributed by atoms with Gasteiger partial charge in [-0.1, -0.05) is 24.3 Å². The standard InChI is InChI=1S/C26H29N7O/c1-17(2)33-16-21-23(25(33)34)29-26(32-11-10-31-9-5-7-20(31)15-32)30-24(21)28-14-18-12-19-6-3-4-8-22(19)27-13-18/h3-4,6-8,12-13,17H,5,9-11,14-16H2,1-2H3,(H,28,29,30). The van der Waals surface area contributed by atoms with E-state index in [1.165, 1.54) is 5.70 Å². The summed E-state index contributed by atoms with van der Waals surface area (Å²) < 4.78 is 0. The Hall–Kier alpha value is -3.68. The van der Waals surface area contributed by atoms with E-state index in [1.54, 1.807) is 0 Å². The van der Waals surface area contributed by atoms with E-state index >= 15 is 0 Å². The topological polar surface area (TPSA) is 77.5 Å². The van der Waals surface area contributed by atoms with Crippen molar-refractivity contribution in [3.05, 3.63) is 65.1 Å². The van der Waals surface area contributed by atoms with Crippen molar-refractivity contribution in [2.75, 3.05) is 36.4 Å². The first-order valence-electron chi connectivity index (χ1n) is 12.0. The van der Waals surface area contributed by atoms with Gasteiger partial charge in [-0.05, 0) is 38.0 Å². The lowest BCUT2D eigenvalue weighted by atomic mass is 10.1. The van der Waals surface area contributed by atoms with E-state index in [1.807, 2.05) is 43.1 Å². The van der Waals surface area contributed by atoms with Crippen molar-refractivity contribution in [2.24, 2.45) is 0 Å². The maximum atomic E-state index is 13.2. The molecule has 0 saturated carbocycles. The number of pyridine rings is 1. The number of amides is 1. The zero-order valence-corrected chi connectivity index (χ0v) is 19.7. The molecule has 8 nitrogen and oxygen atoms in total. The number of para-hydroxylation sites is 1. The molecule has 0 aliphatic carbocycles. The summed E-state index contributed by atoms with van der Waals surface area (Å²) in [5, 5.41) is 4.62. The Bertz CT molecular complexity index is 1300. The third-order valence-corrected chi connectivity index (χ3v) is 6.98. The fraction of sp³-hybridized carbons (Fsp3) is 0.385. The molecule has 6 rings (SSSR count). The van der Waals surface area contributed by atoms with Crippen LogP contribution in [0.1, 0.15) is 41.9 Å². The Morgan fingerprint density at radius 3 is 2.79 bits per heavy atom. The molecule has 1 amide bonds. The van der Waals surface area contributed by atoms with E-state index in [0.717, 1.165) is 60.4 Å². The smallest absolute Gasteiger partial charge is 0.273 e. The summed E-state index contributed by atoms with van der Waals surface area (Å²) in [6.45, 7) is 8.89. The number of rotatable bonds is 5. The van der Waals surface area contributed by atoms with Gasteiger partial charge in [0.05, 0.1) is 18.6 Å². The van der Waals surface area contributed by atoms with Crippen LogP contribution in [0.4, 0.5) is 11.8 Å². The molecule has 0 spiro atoms. The van der Waals surface area contributed by atoms with Crippen LogP contribution in [0.5, 0.6) is 0 Å². The molecule has 3 aromatic rings. The molecule has 1 aromatic carbocycles. The predicted octanol–water partition coefficient (Wildman–Crippen LogP) is 3.41. The number of hydrogen-bond acceptors (Lipinski definition) is 7. The Balaban J connectivity index is 1.32. The fourth-order valence-corrected chi connectivity index (χ4v) is 5.05. The molecule has 1 N–H and O–H groups in total. The number of aromatic nitrogens is 3. The number of benzene rings is 1. The van der Waals surface area contributed by atoms with E-state index in [0.29, 0.717) is 24.7 Å². The number of nitrogens with zero attached hydrogens (tertiary/aromatic N) is 6. The molecular formula is C26H29N7O. The van der Waals surface area contributed by atoms with Crippen LogP contribution in [0.15, 0.2) is 48.3 Å². The zero-order valence-electron chi connectivity index (χ0n) is 19.7. The molecule has 174 valence electrons. The minimum Gasteiger partial charge on any atom is -0.372 e. The van der Waals surface area contributed by atoms with E-state index in [2.05, 4.69) is 38.3 Å². The maximum absolute atomic E-state index is 13.2. The van der Waals surface area contributed by atoms with Crippen molar-refractivity contribution in [1.82, 2.24) is 24.8 Å². The van der Waals surface area contributed by atoms with Crippen LogP contribution in [-0.2, 0) is 13.1 Å². The van der Waals surface area contributed by atoms with Gasteiger partial charge in [-0.2, -0.15) is 4.98 Å². The second-order valence-electron chi connectivity index (χ2n) is 9.51. The van der Waals surface area contributed by atoms with Crippen LogP contribution >= 0.6 is 0 Å². The van der Waals surface area contributed by atoms with Crippen molar-refractivity contribution >= 4 is 28.6 Å². The van der Waals surface area contributed by atoms with Gasteiger partial charge < -0.3 is 20.0 Å². The average Bonchev–Trinajstić information content (AvgIpc) is 3.46. The van der Waals surface area contributed by atoms with Crippen LogP contribution in [-0.4, -0.2) is 62.9 Å². The minimum atomic E-state index is -0.0113. The molecule has 0 radical (unpaired) electrons. The largest absolute Gasteiger partial charge is 0.372 e. The number of carbonyl (C=O) groups excluding carboxylic acids is 1. The SMILES string of the molecule is CC(C)N1Cc2c(NCc3cnc4ccccc4c3)nc(N3CCN4CCC=C4C3)nc2C1=O. The summed E-state index contributed by atoms with van der Waals surface area (Å²) in [7, 11) is 0. The Labute approximate surface area is 199 Å². The van der Waals surface area contributed by atoms with Gasteiger partial charge in [-0.25, -0.2) is 4.98 Å². The summed E-state index contributed by atoms with van der Waals surface area (Å²) in [4.78, 5) is 34.0. The molecule has 5 heterocycles. The average molecular weight is 456 g/mol. The molecule has 0 unspecified atom stereocenters. The quantitative estimate of drug-likeness (QED) is 0.632. The van der Waals surface area contributed by atoms with Gasteiger partial charge in [0.25, 0.3) is 5.91 Å². The lowest BCUT2D eigenvalue weighted by Crippen LogP contribution is -2.44. The summed E-state index contributed by atoms with van der Waals surface area (Å²) in [6, 6.07) is 10.4. The summed E-state index contributed by atoms with van der Waals surface area (Å²) >= 11 is 0. The van der Waals surface area contributed by atoms with E-state index in [9.17, 15) is 4.79 Å². The van der Waals surface area contributed by atoms with Crippen molar-refractivity contribution in [3.63, 3.8) is 0 Å². The Morgan fingerprint density at radius 2 is 1.91 bits per heavy atom. The molecule has 2 aromatic heterocycles. The molecule has 3 aliphatic heterocycles. The van der Waals surface area contributed by atoms with E-state index in [4.69, 9.17) is 9.97 Å². The first-order valence-corrected chi connectivity index (χ1v) is 12.0. The number of nitrogens with one attached hydrogen (secondary N) is 1. The predicted molar refractivity (Wildman–Crippen MR) is 133 cm³/mol. The molecule has 3 aliphatic rings. The highest BCUT2D eigenvalue weighted by Gasteiger charge is 2.35. The van der Waals surface area contributed by atoms with E-state index < -0.39 is 0 Å². The Kier molecular flexibility index (Phi) is 5.08. The van der Waals surface area contributed by atoms with Crippen LogP contribution in [0.3, 0.4) is 0 Å². The lowest BCUT2D eigenvalue weighted by molar-refractivity contribution is 0.0726. The second kappa shape index (κ2) is 8.27. The lowest BCUT2D eigenvalue weighted by Gasteiger charge is -2.35. The van der Waals surface area contributed by atoms with Crippen molar-refractivity contribution in [2.45, 2.75) is 39.4 Å². The summed E-state index contributed by atoms with van der Waals surface area (Å²) in [6.07, 6.45) is 5.30. The van der Waals surface area contributed by atoms with Gasteiger partial charge >= 0.3 is 0 Å². The summed E-state index contributed by atoms with van der Waals surface area (Å²) in [5.41, 5.74) is 4.80. The van der Waals surface area contributed by atoms with Gasteiger partial charge in [-0.15, -0.1) is 0 Å². The third-order valence-electron chi connectivity index (χ3n) is 6.98. The number of hydrogen-bond donors (Lipinski definition) is 1. The normalized spacial score (nSPS) is 17.4. The number of fused-ring (bicyclic) bond motifs is 3. The van der Waals surface area contributed by atoms with Crippen LogP contribution in [0.2, 0.25) is 0 Å². The van der Waals surface area contributed by atoms with Gasteiger partial charge in [0, 0.05) is 55.1 Å².